The van der Waals surface area contributed by atoms with Gasteiger partial charge in [-0.25, -0.2) is 0 Å². The summed E-state index contributed by atoms with van der Waals surface area (Å²) in [6, 6.07) is 15.6. The van der Waals surface area contributed by atoms with Crippen molar-refractivity contribution in [1.82, 2.24) is 5.32 Å². The molecule has 126 valence electrons. The van der Waals surface area contributed by atoms with E-state index in [0.29, 0.717) is 13.0 Å². The molecule has 0 aliphatic heterocycles. The molecule has 24 heavy (non-hydrogen) atoms. The number of hydrogen-bond donors (Lipinski definition) is 1. The van der Waals surface area contributed by atoms with Crippen LogP contribution < -0.4 is 10.1 Å². The maximum atomic E-state index is 12.3. The third-order valence-corrected chi connectivity index (χ3v) is 5.17. The van der Waals surface area contributed by atoms with Crippen LogP contribution in [0.1, 0.15) is 30.4 Å². The molecule has 1 aliphatic carbocycles. The first-order chi connectivity index (χ1) is 11.6. The number of amides is 1. The van der Waals surface area contributed by atoms with Gasteiger partial charge in [0.15, 0.2) is 0 Å². The second kappa shape index (κ2) is 7.27. The van der Waals surface area contributed by atoms with Gasteiger partial charge in [-0.05, 0) is 48.2 Å². The van der Waals surface area contributed by atoms with Crippen LogP contribution in [0.4, 0.5) is 0 Å². The third kappa shape index (κ3) is 3.73. The van der Waals surface area contributed by atoms with Gasteiger partial charge in [0.1, 0.15) is 5.75 Å². The lowest BCUT2D eigenvalue weighted by atomic mass is 9.64. The maximum absolute atomic E-state index is 12.3. The fraction of sp³-hybridized carbons (Fsp3) is 0.350. The SMILES string of the molecule is COc1ccc(CC(=O)NCC2(c3ccc(Cl)cc3)CCC2)cc1. The van der Waals surface area contributed by atoms with Gasteiger partial charge in [0.2, 0.25) is 5.91 Å². The van der Waals surface area contributed by atoms with Crippen molar-refractivity contribution >= 4 is 17.5 Å². The fourth-order valence-electron chi connectivity index (χ4n) is 3.23. The summed E-state index contributed by atoms with van der Waals surface area (Å²) in [5.74, 6) is 0.857. The average molecular weight is 344 g/mol. The molecule has 2 aromatic carbocycles. The Kier molecular flexibility index (Phi) is 5.10. The minimum absolute atomic E-state index is 0.0559. The van der Waals surface area contributed by atoms with Crippen LogP contribution in [0.15, 0.2) is 48.5 Å². The predicted octanol–water partition coefficient (Wildman–Crippen LogP) is 4.13. The molecule has 1 amide bonds. The summed E-state index contributed by atoms with van der Waals surface area (Å²) < 4.78 is 5.14. The van der Waals surface area contributed by atoms with Crippen LogP contribution >= 0.6 is 11.6 Å². The van der Waals surface area contributed by atoms with Crippen LogP contribution in [0.2, 0.25) is 5.02 Å². The van der Waals surface area contributed by atoms with Crippen molar-refractivity contribution in [3.63, 3.8) is 0 Å². The number of benzene rings is 2. The van der Waals surface area contributed by atoms with Crippen LogP contribution in [0.5, 0.6) is 5.75 Å². The van der Waals surface area contributed by atoms with E-state index >= 15 is 0 Å². The standard InChI is InChI=1S/C20H22ClNO2/c1-24-18-9-3-15(4-10-18)13-19(23)22-14-20(11-2-12-20)16-5-7-17(21)8-6-16/h3-10H,2,11-14H2,1H3,(H,22,23). The number of halogens is 1. The Morgan fingerprint density at radius 1 is 1.12 bits per heavy atom. The van der Waals surface area contributed by atoms with Gasteiger partial charge in [-0.15, -0.1) is 0 Å². The zero-order valence-corrected chi connectivity index (χ0v) is 14.6. The van der Waals surface area contributed by atoms with Gasteiger partial charge in [-0.2, -0.15) is 0 Å². The fourth-order valence-corrected chi connectivity index (χ4v) is 3.36. The number of methoxy groups -OCH3 is 1. The lowest BCUT2D eigenvalue weighted by Crippen LogP contribution is -2.45. The molecule has 0 bridgehead atoms. The van der Waals surface area contributed by atoms with Gasteiger partial charge in [-0.3, -0.25) is 4.79 Å². The Balaban J connectivity index is 1.58. The van der Waals surface area contributed by atoms with Crippen LogP contribution in [0, 0.1) is 0 Å². The molecule has 3 rings (SSSR count). The number of carbonyl (C=O) groups excluding carboxylic acids is 1. The highest BCUT2D eigenvalue weighted by Gasteiger charge is 2.38. The van der Waals surface area contributed by atoms with E-state index in [1.807, 2.05) is 36.4 Å². The summed E-state index contributed by atoms with van der Waals surface area (Å²) in [5, 5.41) is 3.86. The zero-order chi connectivity index (χ0) is 17.0. The van der Waals surface area contributed by atoms with E-state index in [2.05, 4.69) is 17.4 Å². The molecule has 0 atom stereocenters. The molecule has 1 aliphatic rings. The van der Waals surface area contributed by atoms with Gasteiger partial charge in [0, 0.05) is 17.0 Å². The Hall–Kier alpha value is -2.00. The van der Waals surface area contributed by atoms with E-state index in [0.717, 1.165) is 29.2 Å². The van der Waals surface area contributed by atoms with Crippen molar-refractivity contribution in [2.24, 2.45) is 0 Å². The normalized spacial score (nSPS) is 15.4. The minimum atomic E-state index is 0.0559. The Labute approximate surface area is 148 Å². The van der Waals surface area contributed by atoms with Gasteiger partial charge >= 0.3 is 0 Å². The van der Waals surface area contributed by atoms with E-state index < -0.39 is 0 Å². The number of ether oxygens (including phenoxy) is 1. The summed E-state index contributed by atoms with van der Waals surface area (Å²) >= 11 is 5.98. The number of nitrogens with one attached hydrogen (secondary N) is 1. The molecule has 2 aromatic rings. The quantitative estimate of drug-likeness (QED) is 0.856. The smallest absolute Gasteiger partial charge is 0.224 e. The van der Waals surface area contributed by atoms with Crippen LogP contribution in [0.3, 0.4) is 0 Å². The molecule has 0 unspecified atom stereocenters. The van der Waals surface area contributed by atoms with Crippen molar-refractivity contribution in [3.05, 3.63) is 64.7 Å². The molecule has 0 aromatic heterocycles. The largest absolute Gasteiger partial charge is 0.497 e. The van der Waals surface area contributed by atoms with Gasteiger partial charge in [0.25, 0.3) is 0 Å². The van der Waals surface area contributed by atoms with E-state index in [4.69, 9.17) is 16.3 Å². The molecule has 0 saturated heterocycles. The number of hydrogen-bond acceptors (Lipinski definition) is 2. The van der Waals surface area contributed by atoms with Crippen LogP contribution in [0.25, 0.3) is 0 Å². The van der Waals surface area contributed by atoms with E-state index in [1.165, 1.54) is 12.0 Å². The first-order valence-corrected chi connectivity index (χ1v) is 8.65. The third-order valence-electron chi connectivity index (χ3n) is 4.91. The second-order valence-electron chi connectivity index (χ2n) is 6.44. The Bertz CT molecular complexity index is 691. The molecule has 1 fully saturated rings. The highest BCUT2D eigenvalue weighted by Crippen LogP contribution is 2.43. The summed E-state index contributed by atoms with van der Waals surface area (Å²) in [7, 11) is 1.64. The molecule has 1 saturated carbocycles. The minimum Gasteiger partial charge on any atom is -0.497 e. The van der Waals surface area contributed by atoms with Crippen molar-refractivity contribution in [2.45, 2.75) is 31.1 Å². The topological polar surface area (TPSA) is 38.3 Å². The van der Waals surface area contributed by atoms with Gasteiger partial charge in [-0.1, -0.05) is 42.3 Å². The van der Waals surface area contributed by atoms with Crippen LogP contribution in [-0.4, -0.2) is 19.6 Å². The van der Waals surface area contributed by atoms with E-state index in [1.54, 1.807) is 7.11 Å². The molecule has 0 heterocycles. The highest BCUT2D eigenvalue weighted by atomic mass is 35.5. The zero-order valence-electron chi connectivity index (χ0n) is 13.8. The molecule has 0 radical (unpaired) electrons. The summed E-state index contributed by atoms with van der Waals surface area (Å²) in [6.07, 6.45) is 3.81. The molecule has 1 N–H and O–H groups in total. The first-order valence-electron chi connectivity index (χ1n) is 8.27. The Morgan fingerprint density at radius 3 is 2.33 bits per heavy atom. The van der Waals surface area contributed by atoms with Gasteiger partial charge in [0.05, 0.1) is 13.5 Å². The Morgan fingerprint density at radius 2 is 1.79 bits per heavy atom. The summed E-state index contributed by atoms with van der Waals surface area (Å²) in [5.41, 5.74) is 2.32. The highest BCUT2D eigenvalue weighted by molar-refractivity contribution is 6.30. The molecular formula is C20H22ClNO2. The maximum Gasteiger partial charge on any atom is 0.224 e. The van der Waals surface area contributed by atoms with Crippen molar-refractivity contribution in [1.29, 1.82) is 0 Å². The number of carbonyl (C=O) groups is 1. The van der Waals surface area contributed by atoms with Crippen LogP contribution in [-0.2, 0) is 16.6 Å². The predicted molar refractivity (Wildman–Crippen MR) is 96.7 cm³/mol. The molecular weight excluding hydrogens is 322 g/mol. The van der Waals surface area contributed by atoms with Crippen molar-refractivity contribution in [3.8, 4) is 5.75 Å². The monoisotopic (exact) mass is 343 g/mol. The van der Waals surface area contributed by atoms with E-state index in [-0.39, 0.29) is 11.3 Å². The van der Waals surface area contributed by atoms with Crippen molar-refractivity contribution < 1.29 is 9.53 Å². The lowest BCUT2D eigenvalue weighted by molar-refractivity contribution is -0.120. The average Bonchev–Trinajstić information content (AvgIpc) is 2.56. The second-order valence-corrected chi connectivity index (χ2v) is 6.88. The molecule has 4 heteroatoms. The summed E-state index contributed by atoms with van der Waals surface area (Å²) in [4.78, 5) is 12.3. The molecule has 3 nitrogen and oxygen atoms in total. The first kappa shape index (κ1) is 16.8. The lowest BCUT2D eigenvalue weighted by Gasteiger charge is -2.42. The number of rotatable bonds is 6. The molecule has 0 spiro atoms. The van der Waals surface area contributed by atoms with Gasteiger partial charge < -0.3 is 10.1 Å². The van der Waals surface area contributed by atoms with E-state index in [9.17, 15) is 4.79 Å². The van der Waals surface area contributed by atoms with Crippen molar-refractivity contribution in [2.75, 3.05) is 13.7 Å². The summed E-state index contributed by atoms with van der Waals surface area (Å²) in [6.45, 7) is 0.684.